The van der Waals surface area contributed by atoms with Crippen LogP contribution in [0.15, 0.2) is 73.3 Å². The van der Waals surface area contributed by atoms with Crippen molar-refractivity contribution in [3.63, 3.8) is 0 Å². The van der Waals surface area contributed by atoms with Crippen molar-refractivity contribution in [3.05, 3.63) is 73.3 Å². The van der Waals surface area contributed by atoms with Gasteiger partial charge in [-0.05, 0) is 44.5 Å². The van der Waals surface area contributed by atoms with Crippen molar-refractivity contribution in [1.29, 1.82) is 0 Å². The monoisotopic (exact) mass is 582 g/mol. The Morgan fingerprint density at radius 1 is 1.05 bits per heavy atom. The second kappa shape index (κ2) is 13.0. The highest BCUT2D eigenvalue weighted by Crippen LogP contribution is 2.53. The second-order valence-corrected chi connectivity index (χ2v) is 11.6. The van der Waals surface area contributed by atoms with Crippen molar-refractivity contribution in [2.45, 2.75) is 58.3 Å². The molecule has 0 radical (unpaired) electrons. The number of aromatic nitrogens is 4. The standard InChI is InChI=1S/C28H35N6O6P/c1-4-22-16-36-28(38-22)21(3)34(19-37-20(2)15-33-18-32-25-26(29)30-17-31-27(25)33)41(35,39-23-11-7-5-8-12-23)40-24-13-9-6-10-14-24/h5-14,17-18,20-22,28H,4,15-16,19H2,1-3H3,(H2,29,30,31)/t20-,21+,22+,28?/m1/s1. The van der Waals surface area contributed by atoms with Crippen LogP contribution in [0.5, 0.6) is 11.5 Å². The van der Waals surface area contributed by atoms with Gasteiger partial charge in [0.15, 0.2) is 17.8 Å². The molecule has 2 aromatic carbocycles. The number of hydrogen-bond donors (Lipinski definition) is 1. The molecule has 0 amide bonds. The number of para-hydroxylation sites is 2. The van der Waals surface area contributed by atoms with Gasteiger partial charge in [-0.3, -0.25) is 0 Å². The SMILES string of the molecule is CC[C@H]1COC([C@H](C)N(CO[C@H](C)Cn2cnc3c(N)ncnc32)P(=O)(Oc2ccccc2)Oc2ccccc2)O1. The molecule has 0 aliphatic carbocycles. The summed E-state index contributed by atoms with van der Waals surface area (Å²) in [7, 11) is -4.09. The molecule has 41 heavy (non-hydrogen) atoms. The van der Waals surface area contributed by atoms with E-state index < -0.39 is 20.1 Å². The van der Waals surface area contributed by atoms with Gasteiger partial charge in [0, 0.05) is 0 Å². The summed E-state index contributed by atoms with van der Waals surface area (Å²) in [5.74, 6) is 1.08. The first-order chi connectivity index (χ1) is 19.9. The zero-order chi connectivity index (χ0) is 28.8. The van der Waals surface area contributed by atoms with Crippen LogP contribution < -0.4 is 14.8 Å². The van der Waals surface area contributed by atoms with Gasteiger partial charge in [0.25, 0.3) is 0 Å². The average Bonchev–Trinajstić information content (AvgIpc) is 3.62. The Balaban J connectivity index is 1.41. The summed E-state index contributed by atoms with van der Waals surface area (Å²) >= 11 is 0. The molecule has 0 spiro atoms. The molecule has 1 unspecified atom stereocenters. The highest BCUT2D eigenvalue weighted by molar-refractivity contribution is 7.52. The molecule has 3 heterocycles. The van der Waals surface area contributed by atoms with E-state index in [4.69, 9.17) is 29.0 Å². The zero-order valence-electron chi connectivity index (χ0n) is 23.3. The summed E-state index contributed by atoms with van der Waals surface area (Å²) in [6, 6.07) is 17.2. The molecule has 1 aliphatic rings. The van der Waals surface area contributed by atoms with Crippen LogP contribution in [-0.4, -0.2) is 62.1 Å². The molecule has 1 saturated heterocycles. The Morgan fingerprint density at radius 2 is 1.71 bits per heavy atom. The Labute approximate surface area is 239 Å². The Bertz CT molecular complexity index is 1410. The van der Waals surface area contributed by atoms with Gasteiger partial charge in [-0.15, -0.1) is 0 Å². The third-order valence-corrected chi connectivity index (χ3v) is 8.70. The van der Waals surface area contributed by atoms with E-state index in [-0.39, 0.29) is 18.9 Å². The number of benzene rings is 2. The molecule has 1 fully saturated rings. The van der Waals surface area contributed by atoms with E-state index in [1.165, 1.54) is 6.33 Å². The van der Waals surface area contributed by atoms with E-state index in [1.807, 2.05) is 37.5 Å². The van der Waals surface area contributed by atoms with Crippen LogP contribution in [0.2, 0.25) is 0 Å². The molecular weight excluding hydrogens is 547 g/mol. The summed E-state index contributed by atoms with van der Waals surface area (Å²) in [6.45, 7) is 6.53. The number of nitrogens with two attached hydrogens (primary N) is 1. The number of ether oxygens (including phenoxy) is 3. The molecule has 1 aliphatic heterocycles. The van der Waals surface area contributed by atoms with E-state index >= 15 is 0 Å². The number of nitrogen functional groups attached to an aromatic ring is 1. The first kappa shape index (κ1) is 29.0. The van der Waals surface area contributed by atoms with Crippen LogP contribution >= 0.6 is 7.75 Å². The van der Waals surface area contributed by atoms with Crippen LogP contribution in [-0.2, 0) is 25.3 Å². The van der Waals surface area contributed by atoms with Gasteiger partial charge < -0.3 is 33.6 Å². The molecule has 5 rings (SSSR count). The normalized spacial score (nSPS) is 18.9. The maximum absolute atomic E-state index is 14.8. The topological polar surface area (TPSA) is 136 Å². The van der Waals surface area contributed by atoms with E-state index in [0.29, 0.717) is 41.6 Å². The molecule has 12 nitrogen and oxygen atoms in total. The summed E-state index contributed by atoms with van der Waals surface area (Å²) in [5, 5.41) is 0. The summed E-state index contributed by atoms with van der Waals surface area (Å²) in [4.78, 5) is 12.6. The molecule has 2 aromatic heterocycles. The van der Waals surface area contributed by atoms with E-state index in [0.717, 1.165) is 6.42 Å². The van der Waals surface area contributed by atoms with Crippen LogP contribution in [0.4, 0.5) is 5.82 Å². The third-order valence-electron chi connectivity index (χ3n) is 6.71. The van der Waals surface area contributed by atoms with Gasteiger partial charge in [-0.2, -0.15) is 4.67 Å². The molecule has 13 heteroatoms. The first-order valence-corrected chi connectivity index (χ1v) is 15.0. The molecule has 218 valence electrons. The smallest absolute Gasteiger partial charge is 0.404 e. The minimum atomic E-state index is -4.09. The molecule has 4 atom stereocenters. The lowest BCUT2D eigenvalue weighted by Gasteiger charge is -2.36. The fourth-order valence-electron chi connectivity index (χ4n) is 4.41. The fraction of sp³-hybridized carbons (Fsp3) is 0.393. The first-order valence-electron chi connectivity index (χ1n) is 13.5. The molecule has 0 bridgehead atoms. The van der Waals surface area contributed by atoms with Gasteiger partial charge >= 0.3 is 7.75 Å². The molecular formula is C28H35N6O6P. The van der Waals surface area contributed by atoms with Crippen LogP contribution in [0.1, 0.15) is 27.2 Å². The number of fused-ring (bicyclic) bond motifs is 1. The molecule has 0 saturated carbocycles. The Kier molecular flexibility index (Phi) is 9.16. The predicted octanol–water partition coefficient (Wildman–Crippen LogP) is 4.88. The Hall–Kier alpha value is -3.54. The van der Waals surface area contributed by atoms with Crippen LogP contribution in [0.3, 0.4) is 0 Å². The van der Waals surface area contributed by atoms with Crippen LogP contribution in [0, 0.1) is 0 Å². The van der Waals surface area contributed by atoms with Gasteiger partial charge in [0.05, 0.1) is 37.7 Å². The maximum Gasteiger partial charge on any atom is 0.517 e. The van der Waals surface area contributed by atoms with Gasteiger partial charge in [-0.1, -0.05) is 43.3 Å². The third kappa shape index (κ3) is 6.86. The molecule has 2 N–H and O–H groups in total. The van der Waals surface area contributed by atoms with Gasteiger partial charge in [0.2, 0.25) is 0 Å². The number of rotatable bonds is 13. The maximum atomic E-state index is 14.8. The highest BCUT2D eigenvalue weighted by atomic mass is 31.2. The lowest BCUT2D eigenvalue weighted by molar-refractivity contribution is -0.114. The minimum Gasteiger partial charge on any atom is -0.404 e. The predicted molar refractivity (Wildman–Crippen MR) is 153 cm³/mol. The molecule has 4 aromatic rings. The van der Waals surface area contributed by atoms with E-state index in [9.17, 15) is 4.57 Å². The lowest BCUT2D eigenvalue weighted by Crippen LogP contribution is -2.44. The number of nitrogens with zero attached hydrogens (tertiary/aromatic N) is 5. The number of hydrogen-bond acceptors (Lipinski definition) is 10. The lowest BCUT2D eigenvalue weighted by atomic mass is 10.3. The number of imidazole rings is 1. The summed E-state index contributed by atoms with van der Waals surface area (Å²) in [5.41, 5.74) is 7.06. The van der Waals surface area contributed by atoms with Gasteiger partial charge in [-0.25, -0.2) is 19.5 Å². The van der Waals surface area contributed by atoms with Crippen LogP contribution in [0.25, 0.3) is 11.2 Å². The summed E-state index contributed by atoms with van der Waals surface area (Å²) in [6.07, 6.45) is 2.76. The largest absolute Gasteiger partial charge is 0.517 e. The van der Waals surface area contributed by atoms with E-state index in [1.54, 1.807) is 59.5 Å². The van der Waals surface area contributed by atoms with Crippen molar-refractivity contribution in [2.24, 2.45) is 0 Å². The minimum absolute atomic E-state index is 0.0578. The average molecular weight is 583 g/mol. The second-order valence-electron chi connectivity index (χ2n) is 9.76. The van der Waals surface area contributed by atoms with Crippen molar-refractivity contribution >= 4 is 24.7 Å². The fourth-order valence-corrected chi connectivity index (χ4v) is 6.19. The van der Waals surface area contributed by atoms with Crippen molar-refractivity contribution in [2.75, 3.05) is 19.1 Å². The van der Waals surface area contributed by atoms with E-state index in [2.05, 4.69) is 15.0 Å². The zero-order valence-corrected chi connectivity index (χ0v) is 24.2. The summed E-state index contributed by atoms with van der Waals surface area (Å²) < 4.78 is 48.8. The number of anilines is 1. The van der Waals surface area contributed by atoms with Crippen molar-refractivity contribution < 1.29 is 27.8 Å². The van der Waals surface area contributed by atoms with Crippen molar-refractivity contribution in [3.8, 4) is 11.5 Å². The Morgan fingerprint density at radius 3 is 2.32 bits per heavy atom. The van der Waals surface area contributed by atoms with Crippen molar-refractivity contribution in [1.82, 2.24) is 24.2 Å². The highest BCUT2D eigenvalue weighted by Gasteiger charge is 2.46. The van der Waals surface area contributed by atoms with Gasteiger partial charge in [0.1, 0.15) is 30.1 Å². The quantitative estimate of drug-likeness (QED) is 0.171.